The molecule has 2 rings (SSSR count). The van der Waals surface area contributed by atoms with Gasteiger partial charge in [0.1, 0.15) is 0 Å². The maximum Gasteiger partial charge on any atom is 0.151 e. The van der Waals surface area contributed by atoms with Gasteiger partial charge in [0.2, 0.25) is 0 Å². The van der Waals surface area contributed by atoms with Gasteiger partial charge in [-0.3, -0.25) is 0 Å². The van der Waals surface area contributed by atoms with E-state index in [0.717, 1.165) is 5.82 Å². The van der Waals surface area contributed by atoms with Crippen molar-refractivity contribution >= 4 is 21.7 Å². The highest BCUT2D eigenvalue weighted by Gasteiger charge is 2.27. The van der Waals surface area contributed by atoms with Crippen LogP contribution in [0.25, 0.3) is 0 Å². The normalized spacial score (nSPS) is 25.4. The quantitative estimate of drug-likeness (QED) is 0.782. The average Bonchev–Trinajstić information content (AvgIpc) is 2.29. The topological polar surface area (TPSA) is 29.0 Å². The van der Waals surface area contributed by atoms with Gasteiger partial charge in [0, 0.05) is 17.9 Å². The number of aromatic nitrogens is 2. The van der Waals surface area contributed by atoms with Crippen LogP contribution in [0.5, 0.6) is 0 Å². The first kappa shape index (κ1) is 11.8. The van der Waals surface area contributed by atoms with E-state index in [2.05, 4.69) is 51.1 Å². The second kappa shape index (κ2) is 5.13. The zero-order valence-electron chi connectivity index (χ0n) is 9.86. The monoisotopic (exact) mass is 283 g/mol. The Morgan fingerprint density at radius 2 is 2.12 bits per heavy atom. The molecule has 1 fully saturated rings. The van der Waals surface area contributed by atoms with Crippen molar-refractivity contribution in [3.8, 4) is 0 Å². The highest BCUT2D eigenvalue weighted by Crippen LogP contribution is 2.29. The van der Waals surface area contributed by atoms with Crippen molar-refractivity contribution < 1.29 is 0 Å². The average molecular weight is 284 g/mol. The van der Waals surface area contributed by atoms with Crippen LogP contribution in [0.3, 0.4) is 0 Å². The Hall–Kier alpha value is -0.640. The largest absolute Gasteiger partial charge is 0.354 e. The molecule has 2 unspecified atom stereocenters. The number of anilines is 1. The maximum atomic E-state index is 4.20. The van der Waals surface area contributed by atoms with Gasteiger partial charge in [0.15, 0.2) is 5.82 Å². The first-order chi connectivity index (χ1) is 7.68. The fourth-order valence-corrected chi connectivity index (χ4v) is 3.24. The summed E-state index contributed by atoms with van der Waals surface area (Å²) in [5.41, 5.74) is 1.17. The third kappa shape index (κ3) is 2.54. The van der Waals surface area contributed by atoms with Gasteiger partial charge in [-0.1, -0.05) is 28.8 Å². The zero-order chi connectivity index (χ0) is 11.5. The third-order valence-electron chi connectivity index (χ3n) is 3.28. The molecule has 0 amide bonds. The van der Waals surface area contributed by atoms with E-state index < -0.39 is 0 Å². The van der Waals surface area contributed by atoms with E-state index in [-0.39, 0.29) is 0 Å². The second-order valence-electron chi connectivity index (χ2n) is 4.57. The van der Waals surface area contributed by atoms with E-state index in [9.17, 15) is 0 Å². The summed E-state index contributed by atoms with van der Waals surface area (Å²) >= 11 is 3.78. The molecule has 88 valence electrons. The predicted molar refractivity (Wildman–Crippen MR) is 70.1 cm³/mol. The molecule has 1 aromatic rings. The van der Waals surface area contributed by atoms with Crippen molar-refractivity contribution in [1.29, 1.82) is 0 Å². The summed E-state index contributed by atoms with van der Waals surface area (Å²) in [5, 5.41) is 8.22. The lowest BCUT2D eigenvalue weighted by Crippen LogP contribution is -2.41. The van der Waals surface area contributed by atoms with E-state index in [1.807, 2.05) is 0 Å². The Bertz CT molecular complexity index is 356. The van der Waals surface area contributed by atoms with Crippen LogP contribution < -0.4 is 4.90 Å². The van der Waals surface area contributed by atoms with Crippen LogP contribution in [-0.2, 0) is 0 Å². The highest BCUT2D eigenvalue weighted by molar-refractivity contribution is 9.09. The molecule has 0 aliphatic heterocycles. The molecule has 2 atom stereocenters. The summed E-state index contributed by atoms with van der Waals surface area (Å²) in [6.07, 6.45) is 6.94. The number of nitrogens with zero attached hydrogens (tertiary/aromatic N) is 3. The first-order valence-corrected chi connectivity index (χ1v) is 6.76. The minimum absolute atomic E-state index is 0.546. The van der Waals surface area contributed by atoms with E-state index in [4.69, 9.17) is 0 Å². The van der Waals surface area contributed by atoms with Gasteiger partial charge in [-0.25, -0.2) is 0 Å². The van der Waals surface area contributed by atoms with E-state index in [1.54, 1.807) is 6.20 Å². The lowest BCUT2D eigenvalue weighted by molar-refractivity contribution is 0.441. The van der Waals surface area contributed by atoms with Crippen LogP contribution in [0.4, 0.5) is 5.82 Å². The molecule has 4 heteroatoms. The van der Waals surface area contributed by atoms with Crippen molar-refractivity contribution in [3.05, 3.63) is 17.8 Å². The van der Waals surface area contributed by atoms with Gasteiger partial charge in [-0.05, 0) is 31.4 Å². The SMILES string of the molecule is Cc1cnnc(N(C)C2CCCCC2Br)c1. The number of halogens is 1. The molecule has 1 aliphatic carbocycles. The van der Waals surface area contributed by atoms with Crippen molar-refractivity contribution in [2.75, 3.05) is 11.9 Å². The van der Waals surface area contributed by atoms with Crippen LogP contribution in [0.1, 0.15) is 31.2 Å². The molecule has 16 heavy (non-hydrogen) atoms. The molecule has 0 saturated heterocycles. The molecule has 1 heterocycles. The summed E-state index contributed by atoms with van der Waals surface area (Å²) in [4.78, 5) is 2.84. The van der Waals surface area contributed by atoms with Gasteiger partial charge in [-0.2, -0.15) is 5.10 Å². The molecule has 1 saturated carbocycles. The molecule has 1 aliphatic rings. The molecule has 3 nitrogen and oxygen atoms in total. The van der Waals surface area contributed by atoms with Crippen LogP contribution >= 0.6 is 15.9 Å². The Kier molecular flexibility index (Phi) is 3.79. The van der Waals surface area contributed by atoms with Gasteiger partial charge in [-0.15, -0.1) is 5.10 Å². The summed E-state index contributed by atoms with van der Waals surface area (Å²) in [5.74, 6) is 0.983. The summed E-state index contributed by atoms with van der Waals surface area (Å²) in [7, 11) is 2.12. The second-order valence-corrected chi connectivity index (χ2v) is 5.75. The standard InChI is InChI=1S/C12H18BrN3/c1-9-7-12(15-14-8-9)16(2)11-6-4-3-5-10(11)13/h7-8,10-11H,3-6H2,1-2H3. The van der Waals surface area contributed by atoms with Crippen LogP contribution in [-0.4, -0.2) is 28.1 Å². The summed E-state index contributed by atoms with van der Waals surface area (Å²) in [6.45, 7) is 2.05. The van der Waals surface area contributed by atoms with Gasteiger partial charge in [0.25, 0.3) is 0 Å². The van der Waals surface area contributed by atoms with Crippen LogP contribution in [0, 0.1) is 6.92 Å². The molecule has 0 bridgehead atoms. The van der Waals surface area contributed by atoms with E-state index in [1.165, 1.54) is 31.2 Å². The Morgan fingerprint density at radius 1 is 1.38 bits per heavy atom. The molecular weight excluding hydrogens is 266 g/mol. The molecule has 0 spiro atoms. The third-order valence-corrected chi connectivity index (χ3v) is 4.35. The molecule has 1 aromatic heterocycles. The lowest BCUT2D eigenvalue weighted by atomic mass is 9.94. The Balaban J connectivity index is 2.14. The summed E-state index contributed by atoms with van der Waals surface area (Å²) < 4.78 is 0. The van der Waals surface area contributed by atoms with E-state index >= 15 is 0 Å². The van der Waals surface area contributed by atoms with Gasteiger partial charge >= 0.3 is 0 Å². The minimum atomic E-state index is 0.546. The van der Waals surface area contributed by atoms with E-state index in [0.29, 0.717) is 10.9 Å². The van der Waals surface area contributed by atoms with Crippen molar-refractivity contribution in [1.82, 2.24) is 10.2 Å². The zero-order valence-corrected chi connectivity index (χ0v) is 11.4. The van der Waals surface area contributed by atoms with Crippen molar-refractivity contribution in [2.45, 2.75) is 43.5 Å². The fourth-order valence-electron chi connectivity index (χ4n) is 2.29. The predicted octanol–water partition coefficient (Wildman–Crippen LogP) is 2.93. The minimum Gasteiger partial charge on any atom is -0.354 e. The number of alkyl halides is 1. The van der Waals surface area contributed by atoms with Crippen LogP contribution in [0.15, 0.2) is 12.3 Å². The molecule has 0 N–H and O–H groups in total. The van der Waals surface area contributed by atoms with Crippen LogP contribution in [0.2, 0.25) is 0 Å². The molecular formula is C12H18BrN3. The number of hydrogen-bond acceptors (Lipinski definition) is 3. The maximum absolute atomic E-state index is 4.20. The lowest BCUT2D eigenvalue weighted by Gasteiger charge is -2.35. The van der Waals surface area contributed by atoms with Gasteiger partial charge in [0.05, 0.1) is 6.20 Å². The Morgan fingerprint density at radius 3 is 2.81 bits per heavy atom. The van der Waals surface area contributed by atoms with Crippen molar-refractivity contribution in [2.24, 2.45) is 0 Å². The summed E-state index contributed by atoms with van der Waals surface area (Å²) in [6, 6.07) is 2.64. The number of hydrogen-bond donors (Lipinski definition) is 0. The number of aryl methyl sites for hydroxylation is 1. The Labute approximate surface area is 105 Å². The van der Waals surface area contributed by atoms with Crippen molar-refractivity contribution in [3.63, 3.8) is 0 Å². The number of rotatable bonds is 2. The molecule has 0 radical (unpaired) electrons. The smallest absolute Gasteiger partial charge is 0.151 e. The van der Waals surface area contributed by atoms with Gasteiger partial charge < -0.3 is 4.90 Å². The fraction of sp³-hybridized carbons (Fsp3) is 0.667. The first-order valence-electron chi connectivity index (χ1n) is 5.84. The highest BCUT2D eigenvalue weighted by atomic mass is 79.9. The molecule has 0 aromatic carbocycles.